The van der Waals surface area contributed by atoms with Gasteiger partial charge in [0.1, 0.15) is 12.1 Å². The summed E-state index contributed by atoms with van der Waals surface area (Å²) in [6, 6.07) is 9.08. The summed E-state index contributed by atoms with van der Waals surface area (Å²) >= 11 is 0. The van der Waals surface area contributed by atoms with E-state index in [4.69, 9.17) is 5.11 Å². The second kappa shape index (κ2) is 9.10. The molecule has 0 aliphatic rings. The predicted octanol–water partition coefficient (Wildman–Crippen LogP) is 0.768. The van der Waals surface area contributed by atoms with Gasteiger partial charge in [0.15, 0.2) is 5.78 Å². The van der Waals surface area contributed by atoms with Gasteiger partial charge in [-0.25, -0.2) is 0 Å². The number of aryl methyl sites for hydroxylation is 1. The first-order chi connectivity index (χ1) is 9.04. The van der Waals surface area contributed by atoms with Crippen LogP contribution in [0.5, 0.6) is 0 Å². The Morgan fingerprint density at radius 3 is 2.25 bits per heavy atom. The minimum Gasteiger partial charge on any atom is -0.535 e. The molecule has 0 atom stereocenters. The van der Waals surface area contributed by atoms with E-state index in [1.165, 1.54) is 0 Å². The number of carbonyl (C=O) groups is 4. The molecule has 0 amide bonds. The molecule has 0 saturated carbocycles. The molecule has 0 radical (unpaired) electrons. The van der Waals surface area contributed by atoms with E-state index in [0.29, 0.717) is 6.42 Å². The molecular formula is C14H11MoO5-. The molecule has 1 aromatic rings. The van der Waals surface area contributed by atoms with E-state index < -0.39 is 17.5 Å². The fraction of sp³-hybridized carbons (Fsp3) is 0.143. The molecule has 0 bridgehead atoms. The van der Waals surface area contributed by atoms with Gasteiger partial charge in [0.05, 0.1) is 0 Å². The molecule has 5 nitrogen and oxygen atoms in total. The van der Waals surface area contributed by atoms with E-state index >= 15 is 0 Å². The molecule has 0 aromatic heterocycles. The Labute approximate surface area is 129 Å². The molecule has 0 spiro atoms. The van der Waals surface area contributed by atoms with Crippen molar-refractivity contribution in [2.45, 2.75) is 12.8 Å². The van der Waals surface area contributed by atoms with E-state index in [9.17, 15) is 19.2 Å². The fourth-order valence-electron chi connectivity index (χ4n) is 1.39. The van der Waals surface area contributed by atoms with E-state index in [1.807, 2.05) is 36.4 Å². The average Bonchev–Trinajstić information content (AvgIpc) is 2.42. The molecule has 20 heavy (non-hydrogen) atoms. The number of carbonyl (C=O) groups excluding carboxylic acids is 3. The summed E-state index contributed by atoms with van der Waals surface area (Å²) < 4.78 is 0. The maximum absolute atomic E-state index is 11.1. The Morgan fingerprint density at radius 2 is 1.75 bits per heavy atom. The molecule has 104 valence electrons. The zero-order chi connectivity index (χ0) is 14.3. The van der Waals surface area contributed by atoms with Gasteiger partial charge < -0.3 is 24.3 Å². The number of carboxylic acid groups (broad SMARTS) is 1. The van der Waals surface area contributed by atoms with Crippen LogP contribution in [0.2, 0.25) is 0 Å². The summed E-state index contributed by atoms with van der Waals surface area (Å²) in [5.41, 5.74) is 0.585. The van der Waals surface area contributed by atoms with Gasteiger partial charge in [-0.15, -0.1) is 6.08 Å². The monoisotopic (exact) mass is 357 g/mol. The van der Waals surface area contributed by atoms with Crippen molar-refractivity contribution < 1.29 is 45.3 Å². The van der Waals surface area contributed by atoms with Crippen LogP contribution in [-0.4, -0.2) is 28.9 Å². The number of hydrogen-bond donors (Lipinski definition) is 1. The van der Waals surface area contributed by atoms with Crippen LogP contribution in [0.4, 0.5) is 0 Å². The third-order valence-electron chi connectivity index (χ3n) is 2.36. The molecule has 0 fully saturated rings. The van der Waals surface area contributed by atoms with E-state index in [1.54, 1.807) is 0 Å². The topological polar surface area (TPSA) is 88.5 Å². The molecule has 6 heteroatoms. The molecular weight excluding hydrogens is 344 g/mol. The van der Waals surface area contributed by atoms with Gasteiger partial charge >= 0.3 is 0 Å². The molecule has 1 N–H and O–H groups in total. The number of aldehydes is 1. The van der Waals surface area contributed by atoms with Gasteiger partial charge in [-0.1, -0.05) is 35.9 Å². The number of ketones is 2. The van der Waals surface area contributed by atoms with Gasteiger partial charge in [-0.3, -0.25) is 0 Å². The molecule has 1 aromatic carbocycles. The fourth-order valence-corrected chi connectivity index (χ4v) is 1.39. The van der Waals surface area contributed by atoms with Crippen LogP contribution >= 0.6 is 0 Å². The number of carboxylic acids is 1. The Kier molecular flexibility index (Phi) is 8.25. The Balaban J connectivity index is 0.00000361. The van der Waals surface area contributed by atoms with E-state index in [0.717, 1.165) is 5.56 Å². The molecule has 0 unspecified atom stereocenters. The summed E-state index contributed by atoms with van der Waals surface area (Å²) in [4.78, 5) is 42.9. The van der Waals surface area contributed by atoms with Crippen molar-refractivity contribution in [3.63, 3.8) is 0 Å². The number of rotatable bonds is 7. The summed E-state index contributed by atoms with van der Waals surface area (Å²) in [7, 11) is 0. The number of benzene rings is 1. The van der Waals surface area contributed by atoms with Crippen LogP contribution in [0.3, 0.4) is 0 Å². The Morgan fingerprint density at radius 1 is 1.15 bits per heavy atom. The van der Waals surface area contributed by atoms with Crippen LogP contribution in [0, 0.1) is 6.08 Å². The van der Waals surface area contributed by atoms with Crippen LogP contribution < -0.4 is 0 Å². The van der Waals surface area contributed by atoms with E-state index in [2.05, 4.69) is 0 Å². The largest absolute Gasteiger partial charge is 0.535 e. The molecule has 0 aliphatic heterocycles. The minimum absolute atomic E-state index is 0. The first-order valence-electron chi connectivity index (χ1n) is 5.48. The van der Waals surface area contributed by atoms with Gasteiger partial charge in [-0.05, 0) is 18.4 Å². The molecule has 0 heterocycles. The van der Waals surface area contributed by atoms with Crippen molar-refractivity contribution in [1.82, 2.24) is 0 Å². The second-order valence-electron chi connectivity index (χ2n) is 3.71. The summed E-state index contributed by atoms with van der Waals surface area (Å²) in [5, 5.41) is 8.90. The number of Topliss-reactive ketones (excluding diaryl/α,β-unsaturated/α-hetero) is 2. The van der Waals surface area contributed by atoms with Crippen molar-refractivity contribution in [2.75, 3.05) is 0 Å². The summed E-state index contributed by atoms with van der Waals surface area (Å²) in [6.07, 6.45) is 2.23. The smallest absolute Gasteiger partial charge is 0.225 e. The second-order valence-corrected chi connectivity index (χ2v) is 3.71. The molecule has 1 rings (SSSR count). The number of allylic oxidation sites excluding steroid dienone is 1. The normalized spacial score (nSPS) is 10.3. The SMILES string of the molecule is O=CC(=O)C(=O)[C-]=C(CCc1ccccc1)C(=O)O.[Mo]. The third kappa shape index (κ3) is 5.85. The van der Waals surface area contributed by atoms with Crippen molar-refractivity contribution in [1.29, 1.82) is 0 Å². The predicted molar refractivity (Wildman–Crippen MR) is 65.2 cm³/mol. The van der Waals surface area contributed by atoms with Crippen LogP contribution in [0.25, 0.3) is 0 Å². The Bertz CT molecular complexity index is 534. The van der Waals surface area contributed by atoms with Gasteiger partial charge in [0.2, 0.25) is 5.97 Å². The van der Waals surface area contributed by atoms with Gasteiger partial charge in [0, 0.05) is 21.1 Å². The van der Waals surface area contributed by atoms with Crippen LogP contribution in [-0.2, 0) is 46.7 Å². The first kappa shape index (κ1) is 18.1. The van der Waals surface area contributed by atoms with Crippen molar-refractivity contribution in [3.05, 3.63) is 47.5 Å². The first-order valence-corrected chi connectivity index (χ1v) is 5.48. The molecule has 0 saturated heterocycles. The van der Waals surface area contributed by atoms with Crippen molar-refractivity contribution in [3.8, 4) is 0 Å². The van der Waals surface area contributed by atoms with Crippen molar-refractivity contribution >= 4 is 23.8 Å². The third-order valence-corrected chi connectivity index (χ3v) is 2.36. The Hall–Kier alpha value is -1.87. The van der Waals surface area contributed by atoms with Crippen molar-refractivity contribution in [2.24, 2.45) is 0 Å². The number of hydrogen-bond acceptors (Lipinski definition) is 4. The van der Waals surface area contributed by atoms with Crippen LogP contribution in [0.1, 0.15) is 12.0 Å². The summed E-state index contributed by atoms with van der Waals surface area (Å²) in [5.74, 6) is -3.87. The summed E-state index contributed by atoms with van der Waals surface area (Å²) in [6.45, 7) is 0. The van der Waals surface area contributed by atoms with Gasteiger partial charge in [-0.2, -0.15) is 0 Å². The van der Waals surface area contributed by atoms with E-state index in [-0.39, 0.29) is 39.3 Å². The van der Waals surface area contributed by atoms with Crippen LogP contribution in [0.15, 0.2) is 35.9 Å². The zero-order valence-corrected chi connectivity index (χ0v) is 12.4. The average molecular weight is 355 g/mol. The standard InChI is InChI=1S/C14H11O5.Mo/c15-9-13(17)12(16)8-11(14(18)19)7-6-10-4-2-1-3-5-10;/h1-5,9H,6-7H2,(H,18,19);/q-1;. The zero-order valence-electron chi connectivity index (χ0n) is 10.4. The quantitative estimate of drug-likeness (QED) is 0.195. The minimum atomic E-state index is -1.33. The number of aliphatic carboxylic acids is 1. The maximum Gasteiger partial charge on any atom is 0.225 e. The van der Waals surface area contributed by atoms with Gasteiger partial charge in [0.25, 0.3) is 0 Å². The molecule has 0 aliphatic carbocycles. The maximum atomic E-state index is 11.1.